The van der Waals surface area contributed by atoms with Gasteiger partial charge in [0.05, 0.1) is 4.92 Å². The largest absolute Gasteiger partial charge is 0.349 e. The molecule has 1 rings (SSSR count). The van der Waals surface area contributed by atoms with E-state index in [1.54, 1.807) is 6.92 Å². The molecule has 0 spiro atoms. The molecule has 0 amide bonds. The fraction of sp³-hybridized carbons (Fsp3) is 0.375. The maximum absolute atomic E-state index is 10.3. The van der Waals surface area contributed by atoms with Gasteiger partial charge in [0.25, 0.3) is 5.69 Å². The van der Waals surface area contributed by atoms with Gasteiger partial charge in [-0.05, 0) is 6.07 Å². The van der Waals surface area contributed by atoms with Crippen molar-refractivity contribution in [2.75, 3.05) is 5.32 Å². The highest BCUT2D eigenvalue weighted by molar-refractivity contribution is 5.40. The zero-order chi connectivity index (χ0) is 11.5. The predicted octanol–water partition coefficient (Wildman–Crippen LogP) is 0.450. The minimum absolute atomic E-state index is 0.0612. The maximum atomic E-state index is 10.3. The first-order valence-corrected chi connectivity index (χ1v) is 4.28. The van der Waals surface area contributed by atoms with E-state index in [1.165, 1.54) is 12.1 Å². The zero-order valence-electron chi connectivity index (χ0n) is 8.04. The van der Waals surface area contributed by atoms with Crippen LogP contribution in [-0.4, -0.2) is 26.0 Å². The lowest BCUT2D eigenvalue weighted by atomic mass is 10.3. The number of nitrogens with one attached hydrogen (secondary N) is 1. The lowest BCUT2D eigenvalue weighted by Crippen LogP contribution is -2.37. The summed E-state index contributed by atoms with van der Waals surface area (Å²) in [5.41, 5.74) is -0.154. The molecule has 0 aliphatic carbocycles. The molecule has 82 valence electrons. The molecule has 1 aromatic rings. The maximum Gasteiger partial charge on any atom is 0.287 e. The van der Waals surface area contributed by atoms with Crippen LogP contribution in [0.3, 0.4) is 0 Å². The monoisotopic (exact) mass is 213 g/mol. The summed E-state index contributed by atoms with van der Waals surface area (Å²) in [4.78, 5) is 13.4. The Morgan fingerprint density at radius 2 is 2.27 bits per heavy atom. The molecule has 0 aliphatic heterocycles. The second-order valence-electron chi connectivity index (χ2n) is 2.95. The van der Waals surface area contributed by atoms with E-state index in [-0.39, 0.29) is 17.9 Å². The first-order valence-electron chi connectivity index (χ1n) is 4.28. The normalized spacial score (nSPS) is 11.1. The molecule has 7 nitrogen and oxygen atoms in total. The number of nitro groups is 1. The number of hydrogen-bond donors (Lipinski definition) is 3. The Balaban J connectivity index is 2.77. The molecule has 1 heterocycles. The molecule has 0 saturated carbocycles. The van der Waals surface area contributed by atoms with Crippen molar-refractivity contribution in [1.82, 2.24) is 4.98 Å². The molecule has 0 unspecified atom stereocenters. The van der Waals surface area contributed by atoms with E-state index in [1.807, 2.05) is 0 Å². The van der Waals surface area contributed by atoms with Crippen LogP contribution >= 0.6 is 0 Å². The van der Waals surface area contributed by atoms with Gasteiger partial charge in [-0.25, -0.2) is 4.98 Å². The quantitative estimate of drug-likeness (QED) is 0.380. The van der Waals surface area contributed by atoms with Crippen LogP contribution in [0.15, 0.2) is 18.3 Å². The van der Waals surface area contributed by atoms with E-state index in [2.05, 4.69) is 10.3 Å². The van der Waals surface area contributed by atoms with Gasteiger partial charge in [-0.15, -0.1) is 0 Å². The van der Waals surface area contributed by atoms with Crippen LogP contribution in [0.4, 0.5) is 11.5 Å². The third-order valence-electron chi connectivity index (χ3n) is 1.78. The van der Waals surface area contributed by atoms with E-state index in [4.69, 9.17) is 0 Å². The highest BCUT2D eigenvalue weighted by atomic mass is 16.6. The highest BCUT2D eigenvalue weighted by Crippen LogP contribution is 2.15. The molecule has 3 N–H and O–H groups in total. The second-order valence-corrected chi connectivity index (χ2v) is 2.95. The number of anilines is 1. The molecule has 0 radical (unpaired) electrons. The van der Waals surface area contributed by atoms with Gasteiger partial charge in [0.1, 0.15) is 12.0 Å². The molecule has 0 fully saturated rings. The summed E-state index contributed by atoms with van der Waals surface area (Å²) in [5.74, 6) is -1.89. The molecular formula is C8H11N3O4. The fourth-order valence-electron chi connectivity index (χ4n) is 0.861. The van der Waals surface area contributed by atoms with Gasteiger partial charge in [0.15, 0.2) is 0 Å². The van der Waals surface area contributed by atoms with Gasteiger partial charge in [0.2, 0.25) is 5.91 Å². The minimum Gasteiger partial charge on any atom is -0.349 e. The Kier molecular flexibility index (Phi) is 3.17. The third kappa shape index (κ3) is 3.15. The van der Waals surface area contributed by atoms with Gasteiger partial charge in [-0.2, -0.15) is 0 Å². The summed E-state index contributed by atoms with van der Waals surface area (Å²) in [6.45, 7) is 1.57. The standard InChI is InChI=1S/C8H11N3O4/c1-2-8(12,13)10-7-4-3-6(5-9-7)11(14)15/h3-5,12-13H,2H2,1H3,(H,9,10). The summed E-state index contributed by atoms with van der Waals surface area (Å²) in [5, 5.41) is 31.1. The first-order chi connectivity index (χ1) is 6.94. The molecule has 1 aromatic heterocycles. The van der Waals surface area contributed by atoms with E-state index < -0.39 is 10.8 Å². The van der Waals surface area contributed by atoms with Crippen molar-refractivity contribution in [3.05, 3.63) is 28.4 Å². The Labute approximate surface area is 85.5 Å². The van der Waals surface area contributed by atoms with Crippen molar-refractivity contribution in [2.45, 2.75) is 19.3 Å². The van der Waals surface area contributed by atoms with Crippen LogP contribution < -0.4 is 5.32 Å². The van der Waals surface area contributed by atoms with Crippen molar-refractivity contribution in [1.29, 1.82) is 0 Å². The molecule has 15 heavy (non-hydrogen) atoms. The number of nitrogens with zero attached hydrogens (tertiary/aromatic N) is 2. The van der Waals surface area contributed by atoms with Crippen molar-refractivity contribution in [3.8, 4) is 0 Å². The van der Waals surface area contributed by atoms with Crippen LogP contribution in [0.5, 0.6) is 0 Å². The molecule has 0 aliphatic rings. The van der Waals surface area contributed by atoms with Crippen molar-refractivity contribution in [3.63, 3.8) is 0 Å². The zero-order valence-corrected chi connectivity index (χ0v) is 8.04. The lowest BCUT2D eigenvalue weighted by molar-refractivity contribution is -0.385. The topological polar surface area (TPSA) is 109 Å². The Hall–Kier alpha value is -1.73. The van der Waals surface area contributed by atoms with Gasteiger partial charge in [-0.3, -0.25) is 10.1 Å². The van der Waals surface area contributed by atoms with Crippen molar-refractivity contribution >= 4 is 11.5 Å². The molecule has 0 aromatic carbocycles. The first kappa shape index (κ1) is 11.3. The van der Waals surface area contributed by atoms with Gasteiger partial charge < -0.3 is 15.5 Å². The van der Waals surface area contributed by atoms with Crippen LogP contribution in [0.2, 0.25) is 0 Å². The van der Waals surface area contributed by atoms with Crippen LogP contribution in [-0.2, 0) is 0 Å². The second kappa shape index (κ2) is 4.20. The number of aromatic nitrogens is 1. The summed E-state index contributed by atoms with van der Waals surface area (Å²) in [7, 11) is 0. The fourth-order valence-corrected chi connectivity index (χ4v) is 0.861. The lowest BCUT2D eigenvalue weighted by Gasteiger charge is -2.21. The molecule has 0 atom stereocenters. The number of pyridine rings is 1. The number of rotatable bonds is 4. The summed E-state index contributed by atoms with van der Waals surface area (Å²) in [6, 6.07) is 2.52. The van der Waals surface area contributed by atoms with E-state index >= 15 is 0 Å². The van der Waals surface area contributed by atoms with Gasteiger partial charge >= 0.3 is 0 Å². The van der Waals surface area contributed by atoms with Crippen molar-refractivity contribution in [2.24, 2.45) is 0 Å². The van der Waals surface area contributed by atoms with Crippen LogP contribution in [0.1, 0.15) is 13.3 Å². The predicted molar refractivity (Wildman–Crippen MR) is 52.0 cm³/mol. The Morgan fingerprint density at radius 1 is 1.60 bits per heavy atom. The average molecular weight is 213 g/mol. The minimum atomic E-state index is -2.05. The van der Waals surface area contributed by atoms with Crippen molar-refractivity contribution < 1.29 is 15.1 Å². The summed E-state index contributed by atoms with van der Waals surface area (Å²) in [6.07, 6.45) is 1.10. The number of hydrogen-bond acceptors (Lipinski definition) is 6. The molecule has 0 saturated heterocycles. The van der Waals surface area contributed by atoms with Crippen LogP contribution in [0, 0.1) is 10.1 Å². The van der Waals surface area contributed by atoms with Gasteiger partial charge in [-0.1, -0.05) is 6.92 Å². The summed E-state index contributed by atoms with van der Waals surface area (Å²) < 4.78 is 0. The smallest absolute Gasteiger partial charge is 0.287 e. The highest BCUT2D eigenvalue weighted by Gasteiger charge is 2.20. The Bertz CT molecular complexity index is 349. The molecule has 7 heteroatoms. The third-order valence-corrected chi connectivity index (χ3v) is 1.78. The Morgan fingerprint density at radius 3 is 2.67 bits per heavy atom. The van der Waals surface area contributed by atoms with Crippen LogP contribution in [0.25, 0.3) is 0 Å². The average Bonchev–Trinajstić information content (AvgIpc) is 2.18. The van der Waals surface area contributed by atoms with E-state index in [9.17, 15) is 20.3 Å². The number of aliphatic hydroxyl groups is 2. The SMILES string of the molecule is CCC(O)(O)Nc1ccc([N+](=O)[O-])cn1. The van der Waals surface area contributed by atoms with E-state index in [0.717, 1.165) is 6.20 Å². The summed E-state index contributed by atoms with van der Waals surface area (Å²) >= 11 is 0. The molecule has 0 bridgehead atoms. The molecular weight excluding hydrogens is 202 g/mol. The van der Waals surface area contributed by atoms with Gasteiger partial charge in [0, 0.05) is 12.5 Å². The van der Waals surface area contributed by atoms with E-state index in [0.29, 0.717) is 0 Å².